The van der Waals surface area contributed by atoms with E-state index in [9.17, 15) is 9.59 Å². The normalized spacial score (nSPS) is 21.5. The van der Waals surface area contributed by atoms with Crippen molar-refractivity contribution in [2.45, 2.75) is 25.5 Å². The molecule has 0 aliphatic carbocycles. The van der Waals surface area contributed by atoms with Crippen LogP contribution in [0.2, 0.25) is 0 Å². The number of piperidine rings is 1. The zero-order chi connectivity index (χ0) is 16.4. The van der Waals surface area contributed by atoms with Crippen molar-refractivity contribution in [2.24, 2.45) is 13.0 Å². The van der Waals surface area contributed by atoms with Crippen molar-refractivity contribution in [1.29, 1.82) is 0 Å². The maximum Gasteiger partial charge on any atom is 0.311 e. The van der Waals surface area contributed by atoms with E-state index in [2.05, 4.69) is 5.10 Å². The molecule has 0 spiro atoms. The Morgan fingerprint density at radius 1 is 1.48 bits per heavy atom. The quantitative estimate of drug-likeness (QED) is 0.804. The number of esters is 1. The second kappa shape index (κ2) is 6.54. The van der Waals surface area contributed by atoms with Crippen molar-refractivity contribution in [1.82, 2.24) is 14.7 Å². The van der Waals surface area contributed by atoms with Crippen LogP contribution in [0.3, 0.4) is 0 Å². The molecular weight excluding hydrogens is 314 g/mol. The lowest BCUT2D eigenvalue weighted by Gasteiger charge is -2.37. The number of hydrogen-bond donors (Lipinski definition) is 0. The molecular formula is C16H19N3O3S. The third kappa shape index (κ3) is 3.29. The van der Waals surface area contributed by atoms with Crippen LogP contribution in [0.4, 0.5) is 0 Å². The van der Waals surface area contributed by atoms with E-state index in [4.69, 9.17) is 4.74 Å². The molecule has 3 heterocycles. The Bertz CT molecular complexity index is 695. The van der Waals surface area contributed by atoms with Crippen LogP contribution < -0.4 is 0 Å². The van der Waals surface area contributed by atoms with Gasteiger partial charge in [0.25, 0.3) is 0 Å². The molecule has 1 fully saturated rings. The van der Waals surface area contributed by atoms with Gasteiger partial charge in [-0.25, -0.2) is 0 Å². The van der Waals surface area contributed by atoms with Crippen LogP contribution in [0.25, 0.3) is 0 Å². The molecule has 6 nitrogen and oxygen atoms in total. The minimum atomic E-state index is -0.359. The first-order valence-corrected chi connectivity index (χ1v) is 8.37. The van der Waals surface area contributed by atoms with E-state index in [0.29, 0.717) is 12.8 Å². The summed E-state index contributed by atoms with van der Waals surface area (Å²) < 4.78 is 7.15. The summed E-state index contributed by atoms with van der Waals surface area (Å²) in [6.07, 6.45) is 4.43. The maximum atomic E-state index is 12.6. The summed E-state index contributed by atoms with van der Waals surface area (Å²) in [4.78, 5) is 27.2. The third-order valence-corrected chi connectivity index (χ3v) is 5.02. The molecule has 0 bridgehead atoms. The standard InChI is InChI=1S/C16H19N3O3S/c1-18-9-11(8-17-18)15-13(5-6-14(20)19(15)2)16(21)22-10-12-4-3-7-23-12/h3-4,7-9,13,15H,5-6,10H2,1-2H3. The summed E-state index contributed by atoms with van der Waals surface area (Å²) in [5.74, 6) is -0.574. The molecule has 1 aliphatic rings. The number of nitrogens with zero attached hydrogens (tertiary/aromatic N) is 3. The van der Waals surface area contributed by atoms with Crippen LogP contribution in [-0.4, -0.2) is 33.6 Å². The Morgan fingerprint density at radius 2 is 2.30 bits per heavy atom. The van der Waals surface area contributed by atoms with E-state index in [0.717, 1.165) is 10.4 Å². The molecule has 1 amide bonds. The average molecular weight is 333 g/mol. The fourth-order valence-corrected chi connectivity index (χ4v) is 3.59. The first-order chi connectivity index (χ1) is 11.1. The molecule has 0 radical (unpaired) electrons. The summed E-state index contributed by atoms with van der Waals surface area (Å²) in [5, 5.41) is 6.11. The number of hydrogen-bond acceptors (Lipinski definition) is 5. The molecule has 23 heavy (non-hydrogen) atoms. The fourth-order valence-electron chi connectivity index (χ4n) is 2.98. The average Bonchev–Trinajstić information content (AvgIpc) is 3.19. The lowest BCUT2D eigenvalue weighted by molar-refractivity contribution is -0.157. The van der Waals surface area contributed by atoms with Crippen LogP contribution in [0, 0.1) is 5.92 Å². The molecule has 1 saturated heterocycles. The Hall–Kier alpha value is -2.15. The van der Waals surface area contributed by atoms with Gasteiger partial charge in [-0.05, 0) is 17.9 Å². The number of ether oxygens (including phenoxy) is 1. The van der Waals surface area contributed by atoms with E-state index < -0.39 is 0 Å². The number of carbonyl (C=O) groups is 2. The number of carbonyl (C=O) groups excluding carboxylic acids is 2. The molecule has 0 N–H and O–H groups in total. The molecule has 1 aliphatic heterocycles. The van der Waals surface area contributed by atoms with E-state index >= 15 is 0 Å². The van der Waals surface area contributed by atoms with Gasteiger partial charge in [-0.3, -0.25) is 14.3 Å². The maximum absolute atomic E-state index is 12.6. The van der Waals surface area contributed by atoms with Crippen molar-refractivity contribution in [2.75, 3.05) is 7.05 Å². The topological polar surface area (TPSA) is 64.4 Å². The second-order valence-corrected chi connectivity index (χ2v) is 6.76. The first kappa shape index (κ1) is 15.7. The molecule has 122 valence electrons. The number of amides is 1. The summed E-state index contributed by atoms with van der Waals surface area (Å²) in [5.41, 5.74) is 0.862. The van der Waals surface area contributed by atoms with Crippen molar-refractivity contribution >= 4 is 23.2 Å². The number of thiophene rings is 1. The third-order valence-electron chi connectivity index (χ3n) is 4.17. The molecule has 7 heteroatoms. The van der Waals surface area contributed by atoms with Crippen LogP contribution in [-0.2, 0) is 28.0 Å². The lowest BCUT2D eigenvalue weighted by atomic mass is 9.86. The van der Waals surface area contributed by atoms with Crippen LogP contribution >= 0.6 is 11.3 Å². The Morgan fingerprint density at radius 3 is 2.96 bits per heavy atom. The second-order valence-electron chi connectivity index (χ2n) is 5.73. The van der Waals surface area contributed by atoms with E-state index in [1.807, 2.05) is 30.8 Å². The highest BCUT2D eigenvalue weighted by molar-refractivity contribution is 7.09. The minimum Gasteiger partial charge on any atom is -0.460 e. The van der Waals surface area contributed by atoms with Gasteiger partial charge in [-0.1, -0.05) is 6.07 Å². The number of likely N-dealkylation sites (tertiary alicyclic amines) is 1. The van der Waals surface area contributed by atoms with Gasteiger partial charge < -0.3 is 9.64 Å². The first-order valence-electron chi connectivity index (χ1n) is 7.49. The van der Waals surface area contributed by atoms with Gasteiger partial charge in [0.15, 0.2) is 0 Å². The van der Waals surface area contributed by atoms with E-state index in [1.54, 1.807) is 34.2 Å². The summed E-state index contributed by atoms with van der Waals surface area (Å²) in [6.45, 7) is 0.282. The smallest absolute Gasteiger partial charge is 0.311 e. The monoisotopic (exact) mass is 333 g/mol. The van der Waals surface area contributed by atoms with E-state index in [-0.39, 0.29) is 30.4 Å². The van der Waals surface area contributed by atoms with Gasteiger partial charge in [0.05, 0.1) is 18.2 Å². The highest BCUT2D eigenvalue weighted by Gasteiger charge is 2.40. The van der Waals surface area contributed by atoms with Crippen molar-refractivity contribution < 1.29 is 14.3 Å². The summed E-state index contributed by atoms with van der Waals surface area (Å²) in [7, 11) is 3.55. The van der Waals surface area contributed by atoms with Gasteiger partial charge in [-0.2, -0.15) is 5.10 Å². The molecule has 0 aromatic carbocycles. The largest absolute Gasteiger partial charge is 0.460 e. The number of aryl methyl sites for hydroxylation is 1. The minimum absolute atomic E-state index is 0.0427. The van der Waals surface area contributed by atoms with Crippen molar-refractivity contribution in [3.8, 4) is 0 Å². The molecule has 2 atom stereocenters. The van der Waals surface area contributed by atoms with Crippen LogP contribution in [0.1, 0.15) is 29.3 Å². The Labute approximate surface area is 138 Å². The SMILES string of the molecule is CN1C(=O)CCC(C(=O)OCc2cccs2)C1c1cnn(C)c1. The van der Waals surface area contributed by atoms with Crippen molar-refractivity contribution in [3.63, 3.8) is 0 Å². The van der Waals surface area contributed by atoms with Crippen LogP contribution in [0.5, 0.6) is 0 Å². The van der Waals surface area contributed by atoms with Gasteiger partial charge in [-0.15, -0.1) is 11.3 Å². The zero-order valence-electron chi connectivity index (χ0n) is 13.1. The highest BCUT2D eigenvalue weighted by Crippen LogP contribution is 2.36. The zero-order valence-corrected chi connectivity index (χ0v) is 14.0. The summed E-state index contributed by atoms with van der Waals surface area (Å²) >= 11 is 1.56. The van der Waals surface area contributed by atoms with Crippen molar-refractivity contribution in [3.05, 3.63) is 40.3 Å². The number of rotatable bonds is 4. The van der Waals surface area contributed by atoms with Gasteiger partial charge in [0.2, 0.25) is 5.91 Å². The molecule has 2 aromatic heterocycles. The number of aromatic nitrogens is 2. The summed E-state index contributed by atoms with van der Waals surface area (Å²) in [6, 6.07) is 3.55. The van der Waals surface area contributed by atoms with Gasteiger partial charge >= 0.3 is 5.97 Å². The van der Waals surface area contributed by atoms with Crippen LogP contribution in [0.15, 0.2) is 29.9 Å². The molecule has 2 aromatic rings. The van der Waals surface area contributed by atoms with Gasteiger partial charge in [0.1, 0.15) is 6.61 Å². The van der Waals surface area contributed by atoms with E-state index in [1.165, 1.54) is 0 Å². The molecule has 2 unspecified atom stereocenters. The Balaban J connectivity index is 1.77. The molecule has 0 saturated carbocycles. The predicted octanol–water partition coefficient (Wildman–Crippen LogP) is 2.13. The fraction of sp³-hybridized carbons (Fsp3) is 0.438. The highest BCUT2D eigenvalue weighted by atomic mass is 32.1. The lowest BCUT2D eigenvalue weighted by Crippen LogP contribution is -2.43. The van der Waals surface area contributed by atoms with Gasteiger partial charge in [0, 0.05) is 37.2 Å². The Kier molecular flexibility index (Phi) is 4.47. The predicted molar refractivity (Wildman–Crippen MR) is 85.6 cm³/mol. The molecule has 3 rings (SSSR count).